The summed E-state index contributed by atoms with van der Waals surface area (Å²) in [6, 6.07) is 1.42. The molecule has 11 heteroatoms. The van der Waals surface area contributed by atoms with Crippen LogP contribution >= 0.6 is 22.9 Å². The van der Waals surface area contributed by atoms with Crippen molar-refractivity contribution >= 4 is 39.1 Å². The van der Waals surface area contributed by atoms with E-state index in [-0.39, 0.29) is 28.0 Å². The first-order valence-electron chi connectivity index (χ1n) is 6.34. The Bertz CT molecular complexity index is 1060. The summed E-state index contributed by atoms with van der Waals surface area (Å²) in [4.78, 5) is 38.6. The normalized spacial score (nSPS) is 11.3. The van der Waals surface area contributed by atoms with Gasteiger partial charge in [0, 0.05) is 25.5 Å². The van der Waals surface area contributed by atoms with Gasteiger partial charge in [0.2, 0.25) is 5.28 Å². The molecule has 3 heterocycles. The molecule has 0 bridgehead atoms. The van der Waals surface area contributed by atoms with E-state index in [1.54, 1.807) is 5.38 Å². The fourth-order valence-corrected chi connectivity index (χ4v) is 3.23. The summed E-state index contributed by atoms with van der Waals surface area (Å²) in [5, 5.41) is 12.4. The third kappa shape index (κ3) is 2.35. The molecule has 120 valence electrons. The Labute approximate surface area is 137 Å². The van der Waals surface area contributed by atoms with Gasteiger partial charge in [-0.25, -0.2) is 4.79 Å². The Hall–Kier alpha value is -2.46. The molecule has 0 saturated carbocycles. The summed E-state index contributed by atoms with van der Waals surface area (Å²) >= 11 is 7.08. The minimum Gasteiger partial charge on any atom is -0.304 e. The molecule has 9 nitrogen and oxygen atoms in total. The molecule has 0 fully saturated rings. The Morgan fingerprint density at radius 1 is 1.35 bits per heavy atom. The fourth-order valence-electron chi connectivity index (χ4n) is 2.29. The van der Waals surface area contributed by atoms with Crippen LogP contribution in [0, 0.1) is 10.1 Å². The van der Waals surface area contributed by atoms with Crippen molar-refractivity contribution in [3.8, 4) is 0 Å². The molecule has 23 heavy (non-hydrogen) atoms. The van der Waals surface area contributed by atoms with Crippen LogP contribution in [-0.2, 0) is 20.6 Å². The monoisotopic (exact) mass is 355 g/mol. The highest BCUT2D eigenvalue weighted by Gasteiger charge is 2.19. The highest BCUT2D eigenvalue weighted by atomic mass is 35.5. The second-order valence-corrected chi connectivity index (χ2v) is 6.12. The third-order valence-corrected chi connectivity index (χ3v) is 4.68. The molecule has 0 spiro atoms. The minimum absolute atomic E-state index is 0.000783. The summed E-state index contributed by atoms with van der Waals surface area (Å²) < 4.78 is 3.63. The number of thiophene rings is 1. The summed E-state index contributed by atoms with van der Waals surface area (Å²) in [5.74, 6) is 0. The van der Waals surface area contributed by atoms with Crippen LogP contribution in [0.5, 0.6) is 0 Å². The minimum atomic E-state index is -0.521. The molecule has 0 aliphatic carbocycles. The van der Waals surface area contributed by atoms with E-state index in [9.17, 15) is 19.7 Å². The Morgan fingerprint density at radius 2 is 2.04 bits per heavy atom. The van der Waals surface area contributed by atoms with E-state index >= 15 is 0 Å². The van der Waals surface area contributed by atoms with Crippen molar-refractivity contribution in [3.05, 3.63) is 53.2 Å². The first-order chi connectivity index (χ1) is 10.8. The molecular weight excluding hydrogens is 346 g/mol. The Morgan fingerprint density at radius 3 is 2.65 bits per heavy atom. The zero-order valence-corrected chi connectivity index (χ0v) is 13.6. The summed E-state index contributed by atoms with van der Waals surface area (Å²) in [5.41, 5.74) is -0.0534. The quantitative estimate of drug-likeness (QED) is 0.397. The number of aromatic nitrogens is 4. The number of nitro groups is 1. The van der Waals surface area contributed by atoms with Gasteiger partial charge in [-0.15, -0.1) is 0 Å². The van der Waals surface area contributed by atoms with Crippen molar-refractivity contribution in [3.63, 3.8) is 0 Å². The lowest BCUT2D eigenvalue weighted by molar-refractivity contribution is -0.380. The number of halogens is 1. The molecule has 0 aliphatic heterocycles. The highest BCUT2D eigenvalue weighted by Crippen LogP contribution is 2.25. The van der Waals surface area contributed by atoms with Crippen LogP contribution in [0.15, 0.2) is 21.0 Å². The highest BCUT2D eigenvalue weighted by molar-refractivity contribution is 7.13. The van der Waals surface area contributed by atoms with Crippen molar-refractivity contribution < 1.29 is 4.92 Å². The van der Waals surface area contributed by atoms with Gasteiger partial charge in [-0.2, -0.15) is 4.98 Å². The van der Waals surface area contributed by atoms with Crippen LogP contribution in [-0.4, -0.2) is 23.6 Å². The smallest absolute Gasteiger partial charge is 0.304 e. The Kier molecular flexibility index (Phi) is 3.57. The maximum Gasteiger partial charge on any atom is 0.332 e. The number of nitrogens with zero attached hydrogens (tertiary/aromatic N) is 5. The van der Waals surface area contributed by atoms with Crippen LogP contribution in [0.3, 0.4) is 0 Å². The molecule has 0 N–H and O–H groups in total. The van der Waals surface area contributed by atoms with Gasteiger partial charge in [0.25, 0.3) is 5.56 Å². The average molecular weight is 356 g/mol. The van der Waals surface area contributed by atoms with Crippen LogP contribution in [0.25, 0.3) is 11.2 Å². The van der Waals surface area contributed by atoms with Crippen molar-refractivity contribution in [2.75, 3.05) is 0 Å². The standard InChI is InChI=1S/C12H10ClN5O4S/c1-15-9-8(10(19)16(2)12(15)20)17(11(13)14-9)4-6-3-7(18(21)22)23-5-6/h3,5H,4H2,1-2H3. The molecule has 0 atom stereocenters. The van der Waals surface area contributed by atoms with Crippen molar-refractivity contribution in [2.45, 2.75) is 6.54 Å². The first kappa shape index (κ1) is 15.4. The molecule has 3 aromatic rings. The molecule has 0 amide bonds. The predicted octanol–water partition coefficient (Wildman–Crippen LogP) is 1.11. The van der Waals surface area contributed by atoms with Crippen LogP contribution < -0.4 is 11.2 Å². The molecule has 0 saturated heterocycles. The van der Waals surface area contributed by atoms with Gasteiger partial charge in [0.15, 0.2) is 11.2 Å². The molecule has 3 aromatic heterocycles. The van der Waals surface area contributed by atoms with Gasteiger partial charge in [-0.3, -0.25) is 24.0 Å². The lowest BCUT2D eigenvalue weighted by Gasteiger charge is -2.06. The zero-order valence-electron chi connectivity index (χ0n) is 12.0. The molecule has 3 rings (SSSR count). The van der Waals surface area contributed by atoms with Crippen molar-refractivity contribution in [1.82, 2.24) is 18.7 Å². The summed E-state index contributed by atoms with van der Waals surface area (Å²) in [6.07, 6.45) is 0. The number of fused-ring (bicyclic) bond motifs is 1. The SMILES string of the molecule is Cn1c(=O)c2c(nc(Cl)n2Cc2csc([N+](=O)[O-])c2)n(C)c1=O. The van der Waals surface area contributed by atoms with Crippen molar-refractivity contribution in [1.29, 1.82) is 0 Å². The maximum atomic E-state index is 12.4. The number of hydrogen-bond donors (Lipinski definition) is 0. The van der Waals surface area contributed by atoms with E-state index in [1.165, 1.54) is 29.3 Å². The number of imidazole rings is 1. The molecule has 0 unspecified atom stereocenters. The van der Waals surface area contributed by atoms with Gasteiger partial charge in [0.1, 0.15) is 0 Å². The second kappa shape index (κ2) is 5.32. The van der Waals surface area contributed by atoms with E-state index in [4.69, 9.17) is 11.6 Å². The third-order valence-electron chi connectivity index (χ3n) is 3.46. The summed E-state index contributed by atoms with van der Waals surface area (Å²) in [7, 11) is 2.86. The number of aryl methyl sites for hydroxylation is 1. The lowest BCUT2D eigenvalue weighted by atomic mass is 10.3. The molecule has 0 aromatic carbocycles. The number of hydrogen-bond acceptors (Lipinski definition) is 6. The lowest BCUT2D eigenvalue weighted by Crippen LogP contribution is -2.37. The van der Waals surface area contributed by atoms with Crippen LogP contribution in [0.4, 0.5) is 5.00 Å². The van der Waals surface area contributed by atoms with Gasteiger partial charge in [-0.05, 0) is 17.2 Å². The average Bonchev–Trinajstić information content (AvgIpc) is 3.09. The zero-order chi connectivity index (χ0) is 16.9. The molecule has 0 aliphatic rings. The van der Waals surface area contributed by atoms with Crippen LogP contribution in [0.1, 0.15) is 5.56 Å². The number of rotatable bonds is 3. The Balaban J connectivity index is 2.21. The molecular formula is C12H10ClN5O4S. The topological polar surface area (TPSA) is 105 Å². The predicted molar refractivity (Wildman–Crippen MR) is 85.3 cm³/mol. The maximum absolute atomic E-state index is 12.4. The largest absolute Gasteiger partial charge is 0.332 e. The fraction of sp³-hybridized carbons (Fsp3) is 0.250. The van der Waals surface area contributed by atoms with E-state index in [2.05, 4.69) is 4.98 Å². The summed E-state index contributed by atoms with van der Waals surface area (Å²) in [6.45, 7) is 0.146. The van der Waals surface area contributed by atoms with E-state index < -0.39 is 16.2 Å². The van der Waals surface area contributed by atoms with Gasteiger partial charge in [0.05, 0.1) is 11.5 Å². The van der Waals surface area contributed by atoms with Gasteiger partial charge >= 0.3 is 10.7 Å². The van der Waals surface area contributed by atoms with E-state index in [0.29, 0.717) is 5.56 Å². The van der Waals surface area contributed by atoms with E-state index in [1.807, 2.05) is 0 Å². The first-order valence-corrected chi connectivity index (χ1v) is 7.60. The van der Waals surface area contributed by atoms with E-state index in [0.717, 1.165) is 15.9 Å². The molecule has 0 radical (unpaired) electrons. The second-order valence-electron chi connectivity index (χ2n) is 4.90. The van der Waals surface area contributed by atoms with Crippen LogP contribution in [0.2, 0.25) is 5.28 Å². The van der Waals surface area contributed by atoms with Gasteiger partial charge < -0.3 is 4.57 Å². The van der Waals surface area contributed by atoms with Crippen molar-refractivity contribution in [2.24, 2.45) is 14.1 Å². The van der Waals surface area contributed by atoms with Gasteiger partial charge in [-0.1, -0.05) is 11.3 Å².